The molecule has 1 N–H and O–H groups in total. The van der Waals surface area contributed by atoms with Crippen LogP contribution >= 0.6 is 0 Å². The summed E-state index contributed by atoms with van der Waals surface area (Å²) < 4.78 is 27.9. The Bertz CT molecular complexity index is 429. The maximum absolute atomic E-state index is 13.9. The van der Waals surface area contributed by atoms with Gasteiger partial charge in [-0.15, -0.1) is 0 Å². The molecule has 2 saturated carbocycles. The van der Waals surface area contributed by atoms with Crippen LogP contribution in [0.1, 0.15) is 55.6 Å². The smallest absolute Gasteiger partial charge is 0.276 e. The maximum Gasteiger partial charge on any atom is 0.276 e. The molecule has 104 valence electrons. The lowest BCUT2D eigenvalue weighted by atomic mass is 9.82. The maximum atomic E-state index is 13.9. The largest absolute Gasteiger partial charge is 0.393 e. The van der Waals surface area contributed by atoms with Crippen molar-refractivity contribution < 1.29 is 13.9 Å². The molecular formula is C16H20F2O. The first-order valence-electron chi connectivity index (χ1n) is 7.23. The lowest BCUT2D eigenvalue weighted by molar-refractivity contribution is -0.0285. The normalized spacial score (nSPS) is 28.4. The van der Waals surface area contributed by atoms with Gasteiger partial charge in [0.2, 0.25) is 0 Å². The number of hydrogen-bond acceptors (Lipinski definition) is 1. The van der Waals surface area contributed by atoms with E-state index in [-0.39, 0.29) is 11.7 Å². The van der Waals surface area contributed by atoms with Gasteiger partial charge < -0.3 is 5.11 Å². The summed E-state index contributed by atoms with van der Waals surface area (Å²) in [6.07, 6.45) is 4.69. The fourth-order valence-electron chi connectivity index (χ4n) is 3.07. The second-order valence-corrected chi connectivity index (χ2v) is 6.02. The van der Waals surface area contributed by atoms with Crippen LogP contribution in [0.25, 0.3) is 0 Å². The molecule has 2 aliphatic carbocycles. The highest BCUT2D eigenvalue weighted by molar-refractivity contribution is 5.29. The van der Waals surface area contributed by atoms with E-state index in [9.17, 15) is 13.9 Å². The van der Waals surface area contributed by atoms with Crippen LogP contribution in [0.4, 0.5) is 8.78 Å². The summed E-state index contributed by atoms with van der Waals surface area (Å²) in [6, 6.07) is 6.90. The molecule has 0 radical (unpaired) electrons. The van der Waals surface area contributed by atoms with E-state index in [0.717, 1.165) is 31.2 Å². The highest BCUT2D eigenvalue weighted by Gasteiger charge is 2.47. The van der Waals surface area contributed by atoms with E-state index in [2.05, 4.69) is 0 Å². The molecule has 19 heavy (non-hydrogen) atoms. The Morgan fingerprint density at radius 1 is 0.895 bits per heavy atom. The molecule has 0 amide bonds. The lowest BCUT2D eigenvalue weighted by Gasteiger charge is -2.26. The average Bonchev–Trinajstić information content (AvgIpc) is 3.24. The monoisotopic (exact) mass is 266 g/mol. The van der Waals surface area contributed by atoms with E-state index in [1.807, 2.05) is 12.1 Å². The zero-order valence-electron chi connectivity index (χ0n) is 11.0. The molecule has 3 rings (SSSR count). The first-order chi connectivity index (χ1) is 9.07. The van der Waals surface area contributed by atoms with Crippen molar-refractivity contribution in [1.29, 1.82) is 0 Å². The van der Waals surface area contributed by atoms with Gasteiger partial charge in [-0.3, -0.25) is 0 Å². The van der Waals surface area contributed by atoms with Crippen LogP contribution in [0.2, 0.25) is 0 Å². The van der Waals surface area contributed by atoms with E-state index in [4.69, 9.17) is 0 Å². The number of halogens is 2. The van der Waals surface area contributed by atoms with Crippen molar-refractivity contribution >= 4 is 0 Å². The number of hydrogen-bond donors (Lipinski definition) is 1. The number of aliphatic hydroxyl groups is 1. The Labute approximate surface area is 112 Å². The minimum absolute atomic E-state index is 0.162. The molecule has 1 aromatic rings. The summed E-state index contributed by atoms with van der Waals surface area (Å²) >= 11 is 0. The van der Waals surface area contributed by atoms with Crippen LogP contribution in [-0.2, 0) is 5.92 Å². The quantitative estimate of drug-likeness (QED) is 0.869. The molecule has 0 atom stereocenters. The van der Waals surface area contributed by atoms with Crippen molar-refractivity contribution in [2.75, 3.05) is 0 Å². The predicted molar refractivity (Wildman–Crippen MR) is 70.3 cm³/mol. The highest BCUT2D eigenvalue weighted by atomic mass is 19.3. The first kappa shape index (κ1) is 13.0. The molecule has 2 fully saturated rings. The third-order valence-corrected chi connectivity index (χ3v) is 4.55. The Morgan fingerprint density at radius 2 is 1.47 bits per heavy atom. The van der Waals surface area contributed by atoms with Gasteiger partial charge in [-0.05, 0) is 50.0 Å². The molecule has 3 heteroatoms. The zero-order chi connectivity index (χ0) is 13.5. The summed E-state index contributed by atoms with van der Waals surface area (Å²) in [5.74, 6) is -2.67. The van der Waals surface area contributed by atoms with Crippen molar-refractivity contribution in [3.05, 3.63) is 35.4 Å². The van der Waals surface area contributed by atoms with Crippen LogP contribution < -0.4 is 0 Å². The summed E-state index contributed by atoms with van der Waals surface area (Å²) in [6.45, 7) is 0. The molecule has 0 bridgehead atoms. The van der Waals surface area contributed by atoms with Crippen LogP contribution in [-0.4, -0.2) is 11.2 Å². The van der Waals surface area contributed by atoms with Gasteiger partial charge in [0, 0.05) is 11.5 Å². The van der Waals surface area contributed by atoms with Crippen LogP contribution in [0, 0.1) is 5.92 Å². The number of rotatable bonds is 3. The van der Waals surface area contributed by atoms with E-state index >= 15 is 0 Å². The Balaban J connectivity index is 1.72. The van der Waals surface area contributed by atoms with Gasteiger partial charge in [0.15, 0.2) is 0 Å². The minimum Gasteiger partial charge on any atom is -0.393 e. The summed E-state index contributed by atoms with van der Waals surface area (Å²) in [4.78, 5) is 0. The van der Waals surface area contributed by atoms with Gasteiger partial charge in [0.1, 0.15) is 0 Å². The van der Waals surface area contributed by atoms with Crippen molar-refractivity contribution in [2.24, 2.45) is 5.92 Å². The van der Waals surface area contributed by atoms with Gasteiger partial charge in [0.05, 0.1) is 6.10 Å². The molecule has 1 nitrogen and oxygen atoms in total. The van der Waals surface area contributed by atoms with Gasteiger partial charge in [-0.25, -0.2) is 8.78 Å². The van der Waals surface area contributed by atoms with Crippen LogP contribution in [0.3, 0.4) is 0 Å². The molecule has 2 aliphatic rings. The Morgan fingerprint density at radius 3 is 2.00 bits per heavy atom. The highest BCUT2D eigenvalue weighted by Crippen LogP contribution is 2.49. The van der Waals surface area contributed by atoms with Crippen molar-refractivity contribution in [1.82, 2.24) is 0 Å². The number of aliphatic hydroxyl groups excluding tert-OH is 1. The molecule has 0 heterocycles. The predicted octanol–water partition coefficient (Wildman–Crippen LogP) is 4.21. The Hall–Kier alpha value is -0.960. The van der Waals surface area contributed by atoms with Gasteiger partial charge >= 0.3 is 0 Å². The molecular weight excluding hydrogens is 246 g/mol. The van der Waals surface area contributed by atoms with Crippen molar-refractivity contribution in [3.8, 4) is 0 Å². The number of benzene rings is 1. The Kier molecular flexibility index (Phi) is 3.34. The fraction of sp³-hybridized carbons (Fsp3) is 0.625. The first-order valence-corrected chi connectivity index (χ1v) is 7.23. The van der Waals surface area contributed by atoms with E-state index < -0.39 is 11.8 Å². The molecule has 0 unspecified atom stereocenters. The average molecular weight is 266 g/mol. The van der Waals surface area contributed by atoms with Crippen molar-refractivity contribution in [2.45, 2.75) is 56.5 Å². The molecule has 0 spiro atoms. The SMILES string of the molecule is OC1CCC(c2ccc(C(F)(F)C3CC3)cc2)CC1. The lowest BCUT2D eigenvalue weighted by Crippen LogP contribution is -2.18. The third-order valence-electron chi connectivity index (χ3n) is 4.55. The number of alkyl halides is 2. The van der Waals surface area contributed by atoms with Gasteiger partial charge in [-0.1, -0.05) is 24.3 Å². The van der Waals surface area contributed by atoms with Gasteiger partial charge in [-0.2, -0.15) is 0 Å². The van der Waals surface area contributed by atoms with Crippen LogP contribution in [0.5, 0.6) is 0 Å². The molecule has 0 saturated heterocycles. The topological polar surface area (TPSA) is 20.2 Å². The van der Waals surface area contributed by atoms with Gasteiger partial charge in [0.25, 0.3) is 5.92 Å². The second kappa shape index (κ2) is 4.86. The summed E-state index contributed by atoms with van der Waals surface area (Å²) in [5, 5.41) is 9.49. The fourth-order valence-corrected chi connectivity index (χ4v) is 3.07. The van der Waals surface area contributed by atoms with Crippen molar-refractivity contribution in [3.63, 3.8) is 0 Å². The van der Waals surface area contributed by atoms with E-state index in [1.165, 1.54) is 0 Å². The molecule has 0 aliphatic heterocycles. The summed E-state index contributed by atoms with van der Waals surface area (Å²) in [7, 11) is 0. The molecule has 0 aromatic heterocycles. The standard InChI is InChI=1S/C16H20F2O/c17-16(18,14-7-8-14)13-5-1-11(2-6-13)12-3-9-15(19)10-4-12/h1-2,5-6,12,14-15,19H,3-4,7-10H2. The summed E-state index contributed by atoms with van der Waals surface area (Å²) in [5.41, 5.74) is 1.30. The minimum atomic E-state index is -2.65. The molecule has 1 aromatic carbocycles. The van der Waals surface area contributed by atoms with E-state index in [1.54, 1.807) is 12.1 Å². The third kappa shape index (κ3) is 2.66. The second-order valence-electron chi connectivity index (χ2n) is 6.02. The van der Waals surface area contributed by atoms with Crippen LogP contribution in [0.15, 0.2) is 24.3 Å². The van der Waals surface area contributed by atoms with E-state index in [0.29, 0.717) is 18.8 Å². The zero-order valence-corrected chi connectivity index (χ0v) is 11.0.